The predicted molar refractivity (Wildman–Crippen MR) is 70.9 cm³/mol. The van der Waals surface area contributed by atoms with Gasteiger partial charge in [0, 0.05) is 12.7 Å². The highest BCUT2D eigenvalue weighted by atomic mass is 19.1. The Kier molecular flexibility index (Phi) is 3.80. The fourth-order valence-electron chi connectivity index (χ4n) is 1.87. The third kappa shape index (κ3) is 2.52. The van der Waals surface area contributed by atoms with E-state index in [4.69, 9.17) is 5.26 Å². The molecular formula is C14H12FN3O2. The van der Waals surface area contributed by atoms with E-state index in [0.29, 0.717) is 12.1 Å². The first-order valence-electron chi connectivity index (χ1n) is 6.05. The summed E-state index contributed by atoms with van der Waals surface area (Å²) < 4.78 is 15.1. The molecule has 1 aromatic carbocycles. The fraction of sp³-hybridized carbons (Fsp3) is 0.214. The Balaban J connectivity index is 2.56. The molecule has 1 aromatic heterocycles. The molecule has 20 heavy (non-hydrogen) atoms. The summed E-state index contributed by atoms with van der Waals surface area (Å²) in [5, 5.41) is 8.93. The molecule has 0 aliphatic rings. The van der Waals surface area contributed by atoms with Crippen molar-refractivity contribution in [2.45, 2.75) is 20.0 Å². The van der Waals surface area contributed by atoms with E-state index in [0.717, 1.165) is 4.57 Å². The fourth-order valence-corrected chi connectivity index (χ4v) is 1.87. The van der Waals surface area contributed by atoms with Gasteiger partial charge in [-0.1, -0.05) is 12.1 Å². The van der Waals surface area contributed by atoms with E-state index in [1.165, 1.54) is 35.0 Å². The van der Waals surface area contributed by atoms with Crippen LogP contribution in [0.1, 0.15) is 18.1 Å². The van der Waals surface area contributed by atoms with E-state index in [2.05, 4.69) is 0 Å². The second kappa shape index (κ2) is 5.53. The number of hydrogen-bond donors (Lipinski definition) is 0. The normalized spacial score (nSPS) is 10.2. The number of aromatic nitrogens is 2. The molecule has 6 heteroatoms. The van der Waals surface area contributed by atoms with Crippen LogP contribution in [0.2, 0.25) is 0 Å². The summed E-state index contributed by atoms with van der Waals surface area (Å²) in [5.41, 5.74) is -0.593. The Hall–Kier alpha value is -2.68. The number of benzene rings is 1. The van der Waals surface area contributed by atoms with Crippen molar-refractivity contribution in [1.82, 2.24) is 9.13 Å². The van der Waals surface area contributed by atoms with Crippen LogP contribution < -0.4 is 11.2 Å². The first kappa shape index (κ1) is 13.7. The standard InChI is InChI=1S/C14H12FN3O2/c1-2-17-9-11(7-16)13(19)18(14(17)20)8-10-3-5-12(15)6-4-10/h3-6,9H,2,8H2,1H3. The number of rotatable bonds is 3. The lowest BCUT2D eigenvalue weighted by atomic mass is 10.2. The zero-order valence-corrected chi connectivity index (χ0v) is 10.8. The second-order valence-corrected chi connectivity index (χ2v) is 4.24. The molecule has 0 amide bonds. The molecule has 1 heterocycles. The van der Waals surface area contributed by atoms with Crippen LogP contribution in [0.15, 0.2) is 40.1 Å². The molecule has 0 N–H and O–H groups in total. The quantitative estimate of drug-likeness (QED) is 0.840. The van der Waals surface area contributed by atoms with Crippen molar-refractivity contribution in [2.75, 3.05) is 0 Å². The molecule has 0 saturated heterocycles. The van der Waals surface area contributed by atoms with Crippen molar-refractivity contribution in [1.29, 1.82) is 5.26 Å². The van der Waals surface area contributed by atoms with E-state index < -0.39 is 17.1 Å². The van der Waals surface area contributed by atoms with Crippen LogP contribution in [-0.4, -0.2) is 9.13 Å². The van der Waals surface area contributed by atoms with Gasteiger partial charge in [0.05, 0.1) is 6.54 Å². The molecule has 0 fully saturated rings. The van der Waals surface area contributed by atoms with Crippen LogP contribution in [0.25, 0.3) is 0 Å². The predicted octanol–water partition coefficient (Wildman–Crippen LogP) is 1.09. The molecule has 102 valence electrons. The zero-order valence-electron chi connectivity index (χ0n) is 10.8. The number of aryl methyl sites for hydroxylation is 1. The summed E-state index contributed by atoms with van der Waals surface area (Å²) in [4.78, 5) is 24.1. The van der Waals surface area contributed by atoms with Crippen molar-refractivity contribution in [3.8, 4) is 6.07 Å². The third-order valence-corrected chi connectivity index (χ3v) is 2.95. The number of nitriles is 1. The first-order valence-corrected chi connectivity index (χ1v) is 6.05. The lowest BCUT2D eigenvalue weighted by Gasteiger charge is -2.09. The topological polar surface area (TPSA) is 67.8 Å². The molecule has 5 nitrogen and oxygen atoms in total. The minimum Gasteiger partial charge on any atom is -0.299 e. The van der Waals surface area contributed by atoms with E-state index >= 15 is 0 Å². The number of halogens is 1. The van der Waals surface area contributed by atoms with E-state index in [-0.39, 0.29) is 12.1 Å². The maximum Gasteiger partial charge on any atom is 0.331 e. The minimum atomic E-state index is -0.633. The molecule has 2 rings (SSSR count). The maximum atomic E-state index is 12.8. The second-order valence-electron chi connectivity index (χ2n) is 4.24. The molecule has 0 aliphatic carbocycles. The number of nitrogens with zero attached hydrogens (tertiary/aromatic N) is 3. The molecule has 0 atom stereocenters. The van der Waals surface area contributed by atoms with Gasteiger partial charge in [-0.25, -0.2) is 9.18 Å². The summed E-state index contributed by atoms with van der Waals surface area (Å²) in [5.74, 6) is -0.391. The van der Waals surface area contributed by atoms with Crippen LogP contribution in [0.3, 0.4) is 0 Å². The Morgan fingerprint density at radius 3 is 2.45 bits per heavy atom. The van der Waals surface area contributed by atoms with Crippen molar-refractivity contribution < 1.29 is 4.39 Å². The molecule has 0 aliphatic heterocycles. The SMILES string of the molecule is CCn1cc(C#N)c(=O)n(Cc2ccc(F)cc2)c1=O. The van der Waals surface area contributed by atoms with E-state index in [1.807, 2.05) is 0 Å². The Morgan fingerprint density at radius 1 is 1.25 bits per heavy atom. The van der Waals surface area contributed by atoms with Crippen LogP contribution in [-0.2, 0) is 13.1 Å². The smallest absolute Gasteiger partial charge is 0.299 e. The van der Waals surface area contributed by atoms with Gasteiger partial charge in [-0.3, -0.25) is 13.9 Å². The molecule has 0 bridgehead atoms. The van der Waals surface area contributed by atoms with Crippen molar-refractivity contribution in [3.63, 3.8) is 0 Å². The highest BCUT2D eigenvalue weighted by molar-refractivity contribution is 5.23. The summed E-state index contributed by atoms with van der Waals surface area (Å²) >= 11 is 0. The first-order chi connectivity index (χ1) is 9.56. The van der Waals surface area contributed by atoms with Gasteiger partial charge < -0.3 is 0 Å². The average molecular weight is 273 g/mol. The van der Waals surface area contributed by atoms with E-state index in [9.17, 15) is 14.0 Å². The minimum absolute atomic E-state index is 0.00741. The Morgan fingerprint density at radius 2 is 1.90 bits per heavy atom. The average Bonchev–Trinajstić information content (AvgIpc) is 2.46. The van der Waals surface area contributed by atoms with Gasteiger partial charge in [-0.15, -0.1) is 0 Å². The van der Waals surface area contributed by atoms with Crippen LogP contribution in [0, 0.1) is 17.1 Å². The van der Waals surface area contributed by atoms with Gasteiger partial charge in [0.1, 0.15) is 17.4 Å². The van der Waals surface area contributed by atoms with Crippen molar-refractivity contribution >= 4 is 0 Å². The van der Waals surface area contributed by atoms with E-state index in [1.54, 1.807) is 13.0 Å². The lowest BCUT2D eigenvalue weighted by Crippen LogP contribution is -2.40. The van der Waals surface area contributed by atoms with Crippen LogP contribution in [0.5, 0.6) is 0 Å². The molecule has 0 saturated carbocycles. The summed E-state index contributed by atoms with van der Waals surface area (Å²) in [6.45, 7) is 2.11. The van der Waals surface area contributed by atoms with Crippen LogP contribution in [0.4, 0.5) is 4.39 Å². The van der Waals surface area contributed by atoms with Gasteiger partial charge in [0.25, 0.3) is 5.56 Å². The summed E-state index contributed by atoms with van der Waals surface area (Å²) in [6.07, 6.45) is 1.26. The molecular weight excluding hydrogens is 261 g/mol. The zero-order chi connectivity index (χ0) is 14.7. The van der Waals surface area contributed by atoms with Crippen LogP contribution >= 0.6 is 0 Å². The van der Waals surface area contributed by atoms with Gasteiger partial charge in [0.2, 0.25) is 0 Å². The van der Waals surface area contributed by atoms with Gasteiger partial charge in [-0.2, -0.15) is 5.26 Å². The van der Waals surface area contributed by atoms with Gasteiger partial charge in [-0.05, 0) is 24.6 Å². The molecule has 0 radical (unpaired) electrons. The Bertz CT molecular complexity index is 782. The number of hydrogen-bond acceptors (Lipinski definition) is 3. The molecule has 0 unspecified atom stereocenters. The largest absolute Gasteiger partial charge is 0.331 e. The van der Waals surface area contributed by atoms with Gasteiger partial charge in [0.15, 0.2) is 0 Å². The maximum absolute atomic E-state index is 12.8. The van der Waals surface area contributed by atoms with Gasteiger partial charge >= 0.3 is 5.69 Å². The summed E-state index contributed by atoms with van der Waals surface area (Å²) in [7, 11) is 0. The molecule has 2 aromatic rings. The van der Waals surface area contributed by atoms with Crippen molar-refractivity contribution in [2.24, 2.45) is 0 Å². The van der Waals surface area contributed by atoms with Crippen molar-refractivity contribution in [3.05, 3.63) is 68.2 Å². The highest BCUT2D eigenvalue weighted by Gasteiger charge is 2.10. The third-order valence-electron chi connectivity index (χ3n) is 2.95. The highest BCUT2D eigenvalue weighted by Crippen LogP contribution is 2.03. The lowest BCUT2D eigenvalue weighted by molar-refractivity contribution is 0.595. The Labute approximate surface area is 114 Å². The molecule has 0 spiro atoms. The monoisotopic (exact) mass is 273 g/mol. The summed E-state index contributed by atoms with van der Waals surface area (Å²) in [6, 6.07) is 7.29.